The lowest BCUT2D eigenvalue weighted by atomic mass is 10.1. The third-order valence-electron chi connectivity index (χ3n) is 4.89. The van der Waals surface area contributed by atoms with Crippen molar-refractivity contribution in [1.82, 2.24) is 19.5 Å². The molecule has 0 saturated heterocycles. The van der Waals surface area contributed by atoms with E-state index in [0.29, 0.717) is 46.3 Å². The van der Waals surface area contributed by atoms with Crippen LogP contribution >= 0.6 is 11.8 Å². The zero-order valence-corrected chi connectivity index (χ0v) is 18.2. The number of methoxy groups -OCH3 is 2. The molecule has 11 heteroatoms. The van der Waals surface area contributed by atoms with Gasteiger partial charge in [0.15, 0.2) is 16.3 Å². The smallest absolute Gasteiger partial charge is 0.272 e. The molecule has 0 spiro atoms. The Bertz CT molecular complexity index is 1350. The van der Waals surface area contributed by atoms with Crippen molar-refractivity contribution in [1.29, 1.82) is 5.41 Å². The highest BCUT2D eigenvalue weighted by atomic mass is 32.2. The van der Waals surface area contributed by atoms with Gasteiger partial charge >= 0.3 is 0 Å². The molecule has 4 rings (SSSR count). The number of rotatable bonds is 8. The summed E-state index contributed by atoms with van der Waals surface area (Å²) in [6.45, 7) is 0.423. The second kappa shape index (κ2) is 9.10. The Morgan fingerprint density at radius 2 is 2.03 bits per heavy atom. The molecule has 2 N–H and O–H groups in total. The van der Waals surface area contributed by atoms with E-state index in [-0.39, 0.29) is 16.1 Å². The van der Waals surface area contributed by atoms with Gasteiger partial charge in [0.05, 0.1) is 30.4 Å². The van der Waals surface area contributed by atoms with E-state index in [1.165, 1.54) is 24.2 Å². The van der Waals surface area contributed by atoms with Crippen molar-refractivity contribution in [2.24, 2.45) is 0 Å². The van der Waals surface area contributed by atoms with Gasteiger partial charge in [0, 0.05) is 18.2 Å². The lowest BCUT2D eigenvalue weighted by molar-refractivity contribution is -0.385. The maximum atomic E-state index is 11.3. The molecule has 2 aromatic heterocycles. The number of nitro benzene ring substituents is 1. The van der Waals surface area contributed by atoms with E-state index < -0.39 is 0 Å². The number of nitrogens with zero attached hydrogens (tertiary/aromatic N) is 4. The van der Waals surface area contributed by atoms with Crippen molar-refractivity contribution >= 4 is 28.6 Å². The number of fused-ring (bicyclic) bond motifs is 1. The van der Waals surface area contributed by atoms with Gasteiger partial charge in [-0.25, -0.2) is 9.97 Å². The Morgan fingerprint density at radius 3 is 2.78 bits per heavy atom. The Kier molecular flexibility index (Phi) is 6.08. The molecule has 0 atom stereocenters. The summed E-state index contributed by atoms with van der Waals surface area (Å²) in [5, 5.41) is 20.0. The zero-order valence-electron chi connectivity index (χ0n) is 17.4. The van der Waals surface area contributed by atoms with E-state index >= 15 is 0 Å². The van der Waals surface area contributed by atoms with Gasteiger partial charge in [-0.3, -0.25) is 15.5 Å². The molecule has 0 radical (unpaired) electrons. The highest BCUT2D eigenvalue weighted by Gasteiger charge is 2.15. The fourth-order valence-corrected chi connectivity index (χ4v) is 4.20. The number of ether oxygens (including phenoxy) is 2. The van der Waals surface area contributed by atoms with E-state index in [2.05, 4.69) is 15.0 Å². The van der Waals surface area contributed by atoms with Crippen molar-refractivity contribution in [3.05, 3.63) is 70.0 Å². The molecular weight excluding hydrogens is 432 g/mol. The van der Waals surface area contributed by atoms with Crippen molar-refractivity contribution in [2.45, 2.75) is 23.0 Å². The standard InChI is InChI=1S/C21H20N6O4S/c1-30-14-7-8-16(31-2)17(11-14)32-21-24-18-19(22)23-12-26(20(18)25-21)10-9-13-5-3-4-6-15(13)27(28)29/h3-8,11-12,22H,9-10H2,1-2H3,(H,24,25). The lowest BCUT2D eigenvalue weighted by Crippen LogP contribution is -2.14. The molecule has 2 heterocycles. The Labute approximate surface area is 186 Å². The van der Waals surface area contributed by atoms with Gasteiger partial charge in [-0.15, -0.1) is 0 Å². The van der Waals surface area contributed by atoms with Crippen molar-refractivity contribution in [3.8, 4) is 11.5 Å². The summed E-state index contributed by atoms with van der Waals surface area (Å²) in [6, 6.07) is 12.1. The van der Waals surface area contributed by atoms with Crippen LogP contribution in [0.5, 0.6) is 11.5 Å². The minimum absolute atomic E-state index is 0.0684. The van der Waals surface area contributed by atoms with E-state index in [9.17, 15) is 10.1 Å². The fraction of sp³-hybridized carbons (Fsp3) is 0.190. The normalized spacial score (nSPS) is 10.9. The second-order valence-electron chi connectivity index (χ2n) is 6.78. The van der Waals surface area contributed by atoms with Crippen LogP contribution in [0.15, 0.2) is 58.8 Å². The molecule has 0 amide bonds. The predicted octanol–water partition coefficient (Wildman–Crippen LogP) is 3.56. The molecule has 0 fully saturated rings. The number of imidazole rings is 1. The van der Waals surface area contributed by atoms with Gasteiger partial charge in [-0.05, 0) is 36.4 Å². The molecular formula is C21H20N6O4S. The summed E-state index contributed by atoms with van der Waals surface area (Å²) in [5.74, 6) is 1.36. The van der Waals surface area contributed by atoms with Gasteiger partial charge < -0.3 is 19.0 Å². The van der Waals surface area contributed by atoms with Gasteiger partial charge in [-0.1, -0.05) is 18.2 Å². The second-order valence-corrected chi connectivity index (χ2v) is 7.81. The van der Waals surface area contributed by atoms with Gasteiger partial charge in [0.2, 0.25) is 0 Å². The number of H-pyrrole nitrogens is 1. The Morgan fingerprint density at radius 1 is 1.22 bits per heavy atom. The quantitative estimate of drug-likeness (QED) is 0.309. The molecule has 32 heavy (non-hydrogen) atoms. The fourth-order valence-electron chi connectivity index (χ4n) is 3.28. The third-order valence-corrected chi connectivity index (χ3v) is 5.81. The number of nitrogens with one attached hydrogen (secondary N) is 2. The van der Waals surface area contributed by atoms with E-state index in [1.807, 2.05) is 18.2 Å². The van der Waals surface area contributed by atoms with Crippen LogP contribution in [-0.2, 0) is 13.0 Å². The first kappa shape index (κ1) is 21.4. The minimum atomic E-state index is -0.383. The maximum Gasteiger partial charge on any atom is 0.272 e. The molecule has 0 aliphatic carbocycles. The third kappa shape index (κ3) is 4.28. The number of benzene rings is 2. The number of hydrogen-bond donors (Lipinski definition) is 2. The first-order valence-electron chi connectivity index (χ1n) is 9.62. The number of aromatic amines is 1. The minimum Gasteiger partial charge on any atom is -0.497 e. The number of aryl methyl sites for hydroxylation is 2. The molecule has 0 saturated carbocycles. The average Bonchev–Trinajstić information content (AvgIpc) is 3.23. The molecule has 0 bridgehead atoms. The summed E-state index contributed by atoms with van der Waals surface area (Å²) in [7, 11) is 3.18. The van der Waals surface area contributed by atoms with Gasteiger partial charge in [0.25, 0.3) is 5.69 Å². The molecule has 164 valence electrons. The summed E-state index contributed by atoms with van der Waals surface area (Å²) in [5.41, 5.74) is 1.81. The van der Waals surface area contributed by atoms with Gasteiger partial charge in [-0.2, -0.15) is 0 Å². The molecule has 10 nitrogen and oxygen atoms in total. The van der Waals surface area contributed by atoms with Crippen LogP contribution < -0.4 is 15.0 Å². The van der Waals surface area contributed by atoms with Crippen LogP contribution in [0.25, 0.3) is 11.2 Å². The van der Waals surface area contributed by atoms with Crippen LogP contribution in [0.2, 0.25) is 0 Å². The maximum absolute atomic E-state index is 11.3. The van der Waals surface area contributed by atoms with Crippen LogP contribution in [0, 0.1) is 15.5 Å². The van der Waals surface area contributed by atoms with Crippen LogP contribution in [0.4, 0.5) is 5.69 Å². The summed E-state index contributed by atoms with van der Waals surface area (Å²) in [6.07, 6.45) is 1.95. The Balaban J connectivity index is 1.65. The van der Waals surface area contributed by atoms with Gasteiger partial charge in [0.1, 0.15) is 17.0 Å². The summed E-state index contributed by atoms with van der Waals surface area (Å²) in [4.78, 5) is 23.6. The number of hydrogen-bond acceptors (Lipinski definition) is 8. The molecule has 0 aliphatic heterocycles. The topological polar surface area (TPSA) is 132 Å². The monoisotopic (exact) mass is 452 g/mol. The van der Waals surface area contributed by atoms with E-state index in [0.717, 1.165) is 4.90 Å². The highest BCUT2D eigenvalue weighted by molar-refractivity contribution is 7.99. The zero-order chi connectivity index (χ0) is 22.7. The highest BCUT2D eigenvalue weighted by Crippen LogP contribution is 2.36. The largest absolute Gasteiger partial charge is 0.497 e. The van der Waals surface area contributed by atoms with Crippen molar-refractivity contribution < 1.29 is 14.4 Å². The SMILES string of the molecule is COc1ccc(OC)c(Sc2nc3c([nH]2)c(=N)ncn3CCc2ccccc2[N+](=O)[O-])c1. The molecule has 0 aliphatic rings. The van der Waals surface area contributed by atoms with Crippen LogP contribution in [0.1, 0.15) is 5.56 Å². The van der Waals surface area contributed by atoms with Crippen LogP contribution in [-0.4, -0.2) is 38.7 Å². The van der Waals surface area contributed by atoms with E-state index in [4.69, 9.17) is 14.9 Å². The average molecular weight is 452 g/mol. The number of para-hydroxylation sites is 1. The first-order valence-corrected chi connectivity index (χ1v) is 10.4. The first-order chi connectivity index (χ1) is 15.5. The van der Waals surface area contributed by atoms with E-state index in [1.54, 1.807) is 37.0 Å². The van der Waals surface area contributed by atoms with Crippen molar-refractivity contribution in [3.63, 3.8) is 0 Å². The molecule has 4 aromatic rings. The lowest BCUT2D eigenvalue weighted by Gasteiger charge is -2.08. The summed E-state index contributed by atoms with van der Waals surface area (Å²) < 4.78 is 12.5. The molecule has 0 unspecified atom stereocenters. The Hall–Kier alpha value is -3.86. The number of nitro groups is 1. The predicted molar refractivity (Wildman–Crippen MR) is 118 cm³/mol. The molecule has 2 aromatic carbocycles. The summed E-state index contributed by atoms with van der Waals surface area (Å²) >= 11 is 1.35. The number of aromatic nitrogens is 4. The van der Waals surface area contributed by atoms with Crippen LogP contribution in [0.3, 0.4) is 0 Å². The van der Waals surface area contributed by atoms with Crippen molar-refractivity contribution in [2.75, 3.05) is 14.2 Å².